The molecule has 0 saturated carbocycles. The Kier molecular flexibility index (Phi) is 33.6. The summed E-state index contributed by atoms with van der Waals surface area (Å²) in [7, 11) is -14.5. The number of benzene rings is 10. The number of hydrogen-bond acceptors (Lipinski definition) is 17. The molecule has 674 valence electrons. The lowest BCUT2D eigenvalue weighted by Crippen LogP contribution is -2.33. The van der Waals surface area contributed by atoms with E-state index in [0.29, 0.717) is 71.4 Å². The van der Waals surface area contributed by atoms with Crippen LogP contribution >= 0.6 is 34.8 Å². The van der Waals surface area contributed by atoms with E-state index in [4.69, 9.17) is 39.5 Å². The summed E-state index contributed by atoms with van der Waals surface area (Å²) in [5, 5.41) is 22.0. The van der Waals surface area contributed by atoms with Crippen LogP contribution in [0.25, 0.3) is 0 Å². The smallest absolute Gasteiger partial charge is 0.283 e. The number of carbonyl (C=O) groups excluding carboxylic acids is 6. The highest BCUT2D eigenvalue weighted by Gasteiger charge is 2.33. The van der Waals surface area contributed by atoms with Crippen molar-refractivity contribution in [3.63, 3.8) is 0 Å². The van der Waals surface area contributed by atoms with Crippen LogP contribution in [0.1, 0.15) is 126 Å². The van der Waals surface area contributed by atoms with Crippen LogP contribution in [-0.4, -0.2) is 115 Å². The largest absolute Gasteiger partial charge is 0.482 e. The van der Waals surface area contributed by atoms with E-state index in [1.165, 1.54) is 110 Å². The van der Waals surface area contributed by atoms with E-state index < -0.39 is 51.8 Å². The third-order valence-electron chi connectivity index (χ3n) is 18.6. The van der Waals surface area contributed by atoms with Crippen molar-refractivity contribution < 1.29 is 71.6 Å². The average molecular weight is 1890 g/mol. The van der Waals surface area contributed by atoms with Gasteiger partial charge in [0.25, 0.3) is 69.6 Å². The molecule has 0 unspecified atom stereocenters. The summed E-state index contributed by atoms with van der Waals surface area (Å²) in [5.41, 5.74) is 5.68. The Bertz CT molecular complexity index is 6470. The van der Waals surface area contributed by atoms with Crippen molar-refractivity contribution in [1.29, 1.82) is 0 Å². The van der Waals surface area contributed by atoms with Gasteiger partial charge in [-0.3, -0.25) is 55.7 Å². The summed E-state index contributed by atoms with van der Waals surface area (Å²) in [4.78, 5) is 76.9. The molecule has 0 saturated heterocycles. The molecule has 28 nitrogen and oxygen atoms in total. The molecule has 0 fully saturated rings. The first kappa shape index (κ1) is 98.2. The van der Waals surface area contributed by atoms with Gasteiger partial charge in [0.1, 0.15) is 16.5 Å². The van der Waals surface area contributed by atoms with Crippen molar-refractivity contribution in [1.82, 2.24) is 36.0 Å². The molecule has 1 aliphatic heterocycles. The van der Waals surface area contributed by atoms with E-state index in [1.807, 2.05) is 47.6 Å². The highest BCUT2D eigenvalue weighted by molar-refractivity contribution is 7.93. The van der Waals surface area contributed by atoms with Crippen molar-refractivity contribution in [2.45, 2.75) is 132 Å². The lowest BCUT2D eigenvalue weighted by molar-refractivity contribution is -0.118. The highest BCUT2D eigenvalue weighted by Crippen LogP contribution is 2.36. The van der Waals surface area contributed by atoms with Gasteiger partial charge in [-0.25, -0.2) is 29.6 Å². The SMILES string of the molecule is CC(=O)Nc1ccc(S(=O)(=O)N(Cc2ccccc2)c2ccc(F)c(C(=O)NC(C)C)c2)cc1.CC(C)NC(=O)c1cccc(N(Cc2ccc(Cl)cc2)S(=O)(=O)c2ccc3c(c2)NC(=O)CO3)c1.CC(C)NC(=O)c1cccc(N(Cc2ccc(Cl)cc2)S(=O)(=O)c2cccnc2)c1.CC(C)NC(=O)c1cccc(N(Cc2ccc(Cl)cc2)S(=O)(=O)c2ccn(C)n2)c1. The van der Waals surface area contributed by atoms with E-state index in [1.54, 1.807) is 197 Å². The molecule has 10 aromatic carbocycles. The van der Waals surface area contributed by atoms with Gasteiger partial charge in [-0.1, -0.05) is 120 Å². The third kappa shape index (κ3) is 27.0. The minimum Gasteiger partial charge on any atom is -0.482 e. The van der Waals surface area contributed by atoms with Crippen LogP contribution in [0, 0.1) is 5.82 Å². The van der Waals surface area contributed by atoms with Crippen molar-refractivity contribution in [2.75, 3.05) is 34.5 Å². The van der Waals surface area contributed by atoms with Crippen LogP contribution in [0.4, 0.5) is 38.5 Å². The Morgan fingerprint density at radius 2 is 0.845 bits per heavy atom. The van der Waals surface area contributed by atoms with Gasteiger partial charge in [-0.2, -0.15) is 13.5 Å². The second kappa shape index (κ2) is 44.1. The number of carbonyl (C=O) groups is 6. The summed E-state index contributed by atoms with van der Waals surface area (Å²) in [6.45, 7) is 15.9. The summed E-state index contributed by atoms with van der Waals surface area (Å²) in [6.07, 6.45) is 4.39. The number of nitrogens with zero attached hydrogens (tertiary/aromatic N) is 7. The number of sulfonamides is 4. The Labute approximate surface area is 765 Å². The molecule has 0 aliphatic carbocycles. The predicted molar refractivity (Wildman–Crippen MR) is 499 cm³/mol. The number of anilines is 6. The Morgan fingerprint density at radius 1 is 0.442 bits per heavy atom. The van der Waals surface area contributed by atoms with Gasteiger partial charge in [0.2, 0.25) is 5.91 Å². The number of aryl methyl sites for hydroxylation is 1. The van der Waals surface area contributed by atoms with E-state index >= 15 is 0 Å². The first-order valence-corrected chi connectivity index (χ1v) is 47.1. The molecular weight excluding hydrogens is 1790 g/mol. The van der Waals surface area contributed by atoms with Crippen LogP contribution < -0.4 is 53.9 Å². The Morgan fingerprint density at radius 3 is 1.26 bits per heavy atom. The number of pyridine rings is 1. The number of halogens is 4. The Hall–Kier alpha value is -13.0. The van der Waals surface area contributed by atoms with Gasteiger partial charge in [-0.15, -0.1) is 0 Å². The second-order valence-corrected chi connectivity index (χ2v) is 39.2. The van der Waals surface area contributed by atoms with Crippen LogP contribution in [0.5, 0.6) is 5.75 Å². The van der Waals surface area contributed by atoms with E-state index in [-0.39, 0.29) is 123 Å². The average Bonchev–Trinajstić information content (AvgIpc) is 1.50. The molecule has 36 heteroatoms. The van der Waals surface area contributed by atoms with Gasteiger partial charge in [0.15, 0.2) is 11.6 Å². The quantitative estimate of drug-likeness (QED) is 0.0254. The molecule has 129 heavy (non-hydrogen) atoms. The second-order valence-electron chi connectivity index (χ2n) is 30.5. The number of ether oxygens (including phenoxy) is 1. The normalized spacial score (nSPS) is 11.8. The molecule has 12 aromatic rings. The van der Waals surface area contributed by atoms with Crippen molar-refractivity contribution in [3.8, 4) is 5.75 Å². The lowest BCUT2D eigenvalue weighted by Gasteiger charge is -2.26. The minimum absolute atomic E-state index is 0.00526. The number of rotatable bonds is 29. The number of aromatic nitrogens is 3. The first-order chi connectivity index (χ1) is 61.1. The van der Waals surface area contributed by atoms with Crippen molar-refractivity contribution in [3.05, 3.63) is 339 Å². The fourth-order valence-electron chi connectivity index (χ4n) is 12.6. The predicted octanol–water partition coefficient (Wildman–Crippen LogP) is 16.4. The highest BCUT2D eigenvalue weighted by atomic mass is 35.5. The van der Waals surface area contributed by atoms with Crippen LogP contribution in [0.3, 0.4) is 0 Å². The molecule has 0 atom stereocenters. The third-order valence-corrected chi connectivity index (χ3v) is 26.4. The monoisotopic (exact) mass is 1890 g/mol. The van der Waals surface area contributed by atoms with Gasteiger partial charge < -0.3 is 36.6 Å². The molecule has 2 aromatic heterocycles. The zero-order valence-electron chi connectivity index (χ0n) is 71.7. The molecular formula is C93H95Cl3FN13O15S4. The number of fused-ring (bicyclic) bond motifs is 1. The fourth-order valence-corrected chi connectivity index (χ4v) is 18.7. The van der Waals surface area contributed by atoms with E-state index in [9.17, 15) is 66.8 Å². The van der Waals surface area contributed by atoms with Crippen molar-refractivity contribution in [2.24, 2.45) is 7.05 Å². The summed E-state index contributed by atoms with van der Waals surface area (Å²) in [5.74, 6) is -2.48. The summed E-state index contributed by atoms with van der Waals surface area (Å²) >= 11 is 17.9. The van der Waals surface area contributed by atoms with E-state index in [0.717, 1.165) is 21.5 Å². The molecule has 0 bridgehead atoms. The molecule has 0 radical (unpaired) electrons. The summed E-state index contributed by atoms with van der Waals surface area (Å²) < 4.78 is 135. The minimum atomic E-state index is -4.12. The molecule has 1 aliphatic rings. The summed E-state index contributed by atoms with van der Waals surface area (Å²) in [6, 6.07) is 67.0. The van der Waals surface area contributed by atoms with E-state index in [2.05, 4.69) is 42.0 Å². The maximum absolute atomic E-state index is 14.5. The maximum atomic E-state index is 14.5. The fraction of sp³-hybridized carbons (Fsp3) is 0.204. The maximum Gasteiger partial charge on any atom is 0.283 e. The van der Waals surface area contributed by atoms with Gasteiger partial charge in [0.05, 0.1) is 70.0 Å². The van der Waals surface area contributed by atoms with Crippen molar-refractivity contribution >= 4 is 144 Å². The zero-order valence-corrected chi connectivity index (χ0v) is 77.3. The Balaban J connectivity index is 0.000000179. The standard InChI is InChI=1S/C25H24ClN3O5S.C25H26FN3O4S.C22H22ClN3O3S.C21H23ClN4O3S/c1-16(2)27-25(31)18-4-3-5-20(12-18)29(14-17-6-8-19(26)9-7-17)35(32,33)21-10-11-23-22(13-21)28-24(30)15-34-23;1-17(2)27-25(31)23-15-21(11-14-24(23)26)29(16-19-7-5-4-6-8-19)34(32,33)22-12-9-20(10-13-22)28-18(3)30;1-16(2)25-22(27)18-5-3-6-20(13-18)26(15-17-8-10-19(23)11-9-17)30(28,29)21-7-4-12-24-14-21;1-15(2)23-21(27)17-5-4-6-19(13-17)26(14-16-7-9-18(22)10-8-16)30(28,29)20-11-12-25(3)24-20/h3-13,16H,14-15H2,1-2H3,(H,27,31)(H,28,30);4-15,17H,16H2,1-3H3,(H,27,31)(H,28,30);3-14,16H,15H2,1-2H3,(H,25,27);4-13,15H,14H2,1-3H3,(H,23,27). The lowest BCUT2D eigenvalue weighted by atomic mass is 10.1. The molecule has 6 N–H and O–H groups in total. The number of hydrogen-bond donors (Lipinski definition) is 6. The zero-order chi connectivity index (χ0) is 93.7. The molecule has 3 heterocycles. The van der Waals surface area contributed by atoms with Gasteiger partial charge in [-0.05, 0) is 248 Å². The topological polar surface area (TPSA) is 364 Å². The molecule has 0 spiro atoms. The molecule has 13 rings (SSSR count). The number of amides is 6. The first-order valence-electron chi connectivity index (χ1n) is 40.2. The van der Waals surface area contributed by atoms with Gasteiger partial charge >= 0.3 is 0 Å². The van der Waals surface area contributed by atoms with Crippen LogP contribution in [-0.2, 0) is 82.9 Å². The van der Waals surface area contributed by atoms with Crippen LogP contribution in [0.2, 0.25) is 15.1 Å². The number of nitrogens with one attached hydrogen (secondary N) is 6. The molecule has 6 amide bonds. The van der Waals surface area contributed by atoms with Gasteiger partial charge in [0, 0.05) is 94.2 Å². The van der Waals surface area contributed by atoms with Crippen LogP contribution in [0.15, 0.2) is 293 Å².